The van der Waals surface area contributed by atoms with E-state index in [0.29, 0.717) is 11.9 Å². The van der Waals surface area contributed by atoms with Gasteiger partial charge in [0.25, 0.3) is 0 Å². The molecule has 1 atom stereocenters. The molecule has 0 unspecified atom stereocenters. The highest BCUT2D eigenvalue weighted by molar-refractivity contribution is 5.48. The molecule has 1 aliphatic rings. The molecule has 0 radical (unpaired) electrons. The predicted octanol–water partition coefficient (Wildman–Crippen LogP) is 2.65. The van der Waals surface area contributed by atoms with Crippen molar-refractivity contribution in [2.75, 3.05) is 19.6 Å². The summed E-state index contributed by atoms with van der Waals surface area (Å²) in [5.74, 6) is 1.42. The van der Waals surface area contributed by atoms with Gasteiger partial charge in [-0.05, 0) is 24.9 Å². The number of nitrogens with one attached hydrogen (secondary N) is 1. The summed E-state index contributed by atoms with van der Waals surface area (Å²) >= 11 is 0. The zero-order chi connectivity index (χ0) is 15.9. The first-order valence-electron chi connectivity index (χ1n) is 8.26. The van der Waals surface area contributed by atoms with Crippen molar-refractivity contribution in [3.63, 3.8) is 0 Å². The molecule has 23 heavy (non-hydrogen) atoms. The molecule has 1 fully saturated rings. The zero-order valence-corrected chi connectivity index (χ0v) is 13.6. The lowest BCUT2D eigenvalue weighted by atomic mass is 10.1. The maximum atomic E-state index is 5.04. The highest BCUT2D eigenvalue weighted by Gasteiger charge is 2.20. The van der Waals surface area contributed by atoms with Crippen LogP contribution in [0.2, 0.25) is 0 Å². The van der Waals surface area contributed by atoms with E-state index in [1.54, 1.807) is 0 Å². The van der Waals surface area contributed by atoms with Gasteiger partial charge in [0.2, 0.25) is 5.89 Å². The SMILES string of the molecule is Cc1nc(CN2CCC[C@H](NC/C=C/c3ccccc3)C2)no1. The molecule has 0 aliphatic carbocycles. The average molecular weight is 312 g/mol. The van der Waals surface area contributed by atoms with Crippen molar-refractivity contribution in [2.45, 2.75) is 32.4 Å². The maximum Gasteiger partial charge on any atom is 0.223 e. The zero-order valence-electron chi connectivity index (χ0n) is 13.6. The van der Waals surface area contributed by atoms with E-state index < -0.39 is 0 Å². The second-order valence-corrected chi connectivity index (χ2v) is 6.03. The molecular formula is C18H24N4O. The van der Waals surface area contributed by atoms with E-state index in [0.717, 1.165) is 32.0 Å². The van der Waals surface area contributed by atoms with Gasteiger partial charge in [-0.3, -0.25) is 4.90 Å². The third kappa shape index (κ3) is 5.01. The third-order valence-corrected chi connectivity index (χ3v) is 4.07. The van der Waals surface area contributed by atoms with Crippen molar-refractivity contribution in [3.8, 4) is 0 Å². The lowest BCUT2D eigenvalue weighted by molar-refractivity contribution is 0.180. The van der Waals surface area contributed by atoms with E-state index in [1.165, 1.54) is 18.4 Å². The largest absolute Gasteiger partial charge is 0.340 e. The summed E-state index contributed by atoms with van der Waals surface area (Å²) in [4.78, 5) is 6.68. The number of nitrogens with zero attached hydrogens (tertiary/aromatic N) is 3. The van der Waals surface area contributed by atoms with Crippen LogP contribution in [0.1, 0.15) is 30.1 Å². The van der Waals surface area contributed by atoms with E-state index in [9.17, 15) is 0 Å². The quantitative estimate of drug-likeness (QED) is 0.888. The molecule has 0 amide bonds. The van der Waals surface area contributed by atoms with Crippen LogP contribution in [0.15, 0.2) is 40.9 Å². The van der Waals surface area contributed by atoms with Gasteiger partial charge in [0.1, 0.15) is 0 Å². The van der Waals surface area contributed by atoms with Crippen LogP contribution in [0, 0.1) is 6.92 Å². The highest BCUT2D eigenvalue weighted by Crippen LogP contribution is 2.12. The fraction of sp³-hybridized carbons (Fsp3) is 0.444. The van der Waals surface area contributed by atoms with E-state index in [1.807, 2.05) is 13.0 Å². The standard InChI is InChI=1S/C18H24N4O/c1-15-20-18(21-23-15)14-22-12-6-10-17(13-22)19-11-5-9-16-7-3-2-4-8-16/h2-5,7-9,17,19H,6,10-14H2,1H3/b9-5+/t17-/m0/s1. The maximum absolute atomic E-state index is 5.04. The van der Waals surface area contributed by atoms with Gasteiger partial charge in [-0.15, -0.1) is 0 Å². The lowest BCUT2D eigenvalue weighted by Crippen LogP contribution is -2.45. The van der Waals surface area contributed by atoms with Gasteiger partial charge in [-0.25, -0.2) is 0 Å². The van der Waals surface area contributed by atoms with Gasteiger partial charge >= 0.3 is 0 Å². The van der Waals surface area contributed by atoms with Gasteiger partial charge < -0.3 is 9.84 Å². The number of benzene rings is 1. The van der Waals surface area contributed by atoms with Crippen LogP contribution in [0.25, 0.3) is 6.08 Å². The Morgan fingerprint density at radius 1 is 1.35 bits per heavy atom. The molecule has 0 saturated carbocycles. The molecule has 1 aliphatic heterocycles. The Kier molecular flexibility index (Phi) is 5.56. The summed E-state index contributed by atoms with van der Waals surface area (Å²) in [5, 5.41) is 7.60. The van der Waals surface area contributed by atoms with Crippen molar-refractivity contribution in [2.24, 2.45) is 0 Å². The molecule has 5 nitrogen and oxygen atoms in total. The van der Waals surface area contributed by atoms with E-state index in [2.05, 4.69) is 56.8 Å². The first-order valence-corrected chi connectivity index (χ1v) is 8.26. The van der Waals surface area contributed by atoms with Crippen LogP contribution in [0.4, 0.5) is 0 Å². The van der Waals surface area contributed by atoms with Crippen molar-refractivity contribution in [3.05, 3.63) is 53.7 Å². The predicted molar refractivity (Wildman–Crippen MR) is 90.8 cm³/mol. The Hall–Kier alpha value is -1.98. The van der Waals surface area contributed by atoms with Crippen molar-refractivity contribution >= 4 is 6.08 Å². The lowest BCUT2D eigenvalue weighted by Gasteiger charge is -2.32. The monoisotopic (exact) mass is 312 g/mol. The summed E-state index contributed by atoms with van der Waals surface area (Å²) in [5.41, 5.74) is 1.24. The van der Waals surface area contributed by atoms with Crippen LogP contribution in [-0.4, -0.2) is 40.7 Å². The summed E-state index contributed by atoms with van der Waals surface area (Å²) < 4.78 is 5.04. The number of hydrogen-bond acceptors (Lipinski definition) is 5. The molecule has 0 bridgehead atoms. The molecule has 1 aromatic carbocycles. The highest BCUT2D eigenvalue weighted by atomic mass is 16.5. The van der Waals surface area contributed by atoms with Gasteiger partial charge in [0.05, 0.1) is 6.54 Å². The number of piperidine rings is 1. The molecule has 2 heterocycles. The number of rotatable bonds is 6. The molecular weight excluding hydrogens is 288 g/mol. The van der Waals surface area contributed by atoms with Crippen LogP contribution in [0.3, 0.4) is 0 Å². The fourth-order valence-corrected chi connectivity index (χ4v) is 2.97. The number of likely N-dealkylation sites (tertiary alicyclic amines) is 1. The summed E-state index contributed by atoms with van der Waals surface area (Å²) in [6, 6.07) is 10.9. The van der Waals surface area contributed by atoms with Crippen LogP contribution < -0.4 is 5.32 Å². The molecule has 0 spiro atoms. The fourth-order valence-electron chi connectivity index (χ4n) is 2.97. The molecule has 2 aromatic rings. The van der Waals surface area contributed by atoms with Crippen LogP contribution in [-0.2, 0) is 6.54 Å². The summed E-state index contributed by atoms with van der Waals surface area (Å²) in [6.07, 6.45) is 6.78. The Balaban J connectivity index is 1.42. The van der Waals surface area contributed by atoms with E-state index >= 15 is 0 Å². The minimum atomic E-state index is 0.525. The topological polar surface area (TPSA) is 54.2 Å². The first-order chi connectivity index (χ1) is 11.3. The molecule has 1 aromatic heterocycles. The molecule has 3 rings (SSSR count). The average Bonchev–Trinajstić information content (AvgIpc) is 2.98. The molecule has 1 saturated heterocycles. The van der Waals surface area contributed by atoms with Gasteiger partial charge in [-0.1, -0.05) is 47.6 Å². The van der Waals surface area contributed by atoms with E-state index in [-0.39, 0.29) is 0 Å². The van der Waals surface area contributed by atoms with Gasteiger partial charge in [0.15, 0.2) is 5.82 Å². The Morgan fingerprint density at radius 3 is 3.00 bits per heavy atom. The van der Waals surface area contributed by atoms with Crippen LogP contribution in [0.5, 0.6) is 0 Å². The van der Waals surface area contributed by atoms with Crippen LogP contribution >= 0.6 is 0 Å². The second-order valence-electron chi connectivity index (χ2n) is 6.03. The minimum Gasteiger partial charge on any atom is -0.340 e. The summed E-state index contributed by atoms with van der Waals surface area (Å²) in [7, 11) is 0. The van der Waals surface area contributed by atoms with Crippen molar-refractivity contribution in [1.29, 1.82) is 0 Å². The number of aryl methyl sites for hydroxylation is 1. The molecule has 5 heteroatoms. The number of aromatic nitrogens is 2. The Labute approximate surface area is 137 Å². The van der Waals surface area contributed by atoms with Crippen molar-refractivity contribution < 1.29 is 4.52 Å². The van der Waals surface area contributed by atoms with Crippen molar-refractivity contribution in [1.82, 2.24) is 20.4 Å². The number of hydrogen-bond donors (Lipinski definition) is 1. The Morgan fingerprint density at radius 2 is 2.22 bits per heavy atom. The molecule has 1 N–H and O–H groups in total. The third-order valence-electron chi connectivity index (χ3n) is 4.07. The first kappa shape index (κ1) is 15.9. The van der Waals surface area contributed by atoms with Gasteiger partial charge in [-0.2, -0.15) is 4.98 Å². The normalized spacial score (nSPS) is 19.4. The van der Waals surface area contributed by atoms with Gasteiger partial charge in [0, 0.05) is 26.1 Å². The Bertz CT molecular complexity index is 623. The van der Waals surface area contributed by atoms with E-state index in [4.69, 9.17) is 4.52 Å². The minimum absolute atomic E-state index is 0.525. The molecule has 122 valence electrons. The summed E-state index contributed by atoms with van der Waals surface area (Å²) in [6.45, 7) is 5.64. The second kappa shape index (κ2) is 8.04. The smallest absolute Gasteiger partial charge is 0.223 e.